The molecule has 0 aliphatic heterocycles. The molecule has 2 rings (SSSR count). The van der Waals surface area contributed by atoms with E-state index in [2.05, 4.69) is 14.9 Å². The van der Waals surface area contributed by atoms with Gasteiger partial charge in [0.15, 0.2) is 21.3 Å². The van der Waals surface area contributed by atoms with Crippen LogP contribution in [0, 0.1) is 0 Å². The van der Waals surface area contributed by atoms with Gasteiger partial charge in [-0.05, 0) is 26.0 Å². The third-order valence-electron chi connectivity index (χ3n) is 3.29. The molecular formula is C12H15N3O4S. The molecule has 0 aliphatic carbocycles. The van der Waals surface area contributed by atoms with E-state index in [-0.39, 0.29) is 5.82 Å². The summed E-state index contributed by atoms with van der Waals surface area (Å²) in [4.78, 5) is 11.5. The third kappa shape index (κ3) is 2.15. The summed E-state index contributed by atoms with van der Waals surface area (Å²) < 4.78 is 28.7. The van der Waals surface area contributed by atoms with E-state index >= 15 is 0 Å². The molecule has 0 unspecified atom stereocenters. The third-order valence-corrected chi connectivity index (χ3v) is 5.33. The second kappa shape index (κ2) is 4.55. The van der Waals surface area contributed by atoms with E-state index in [1.54, 1.807) is 26.0 Å². The first kappa shape index (κ1) is 14.4. The molecule has 2 heterocycles. The lowest BCUT2D eigenvalue weighted by Crippen LogP contribution is -2.30. The number of rotatable bonds is 3. The van der Waals surface area contributed by atoms with E-state index in [4.69, 9.17) is 0 Å². The fourth-order valence-electron chi connectivity index (χ4n) is 1.71. The van der Waals surface area contributed by atoms with E-state index in [1.165, 1.54) is 17.7 Å². The van der Waals surface area contributed by atoms with E-state index in [1.807, 2.05) is 0 Å². The Morgan fingerprint density at radius 3 is 2.50 bits per heavy atom. The lowest BCUT2D eigenvalue weighted by Gasteiger charge is -2.20. The predicted molar refractivity (Wildman–Crippen MR) is 72.2 cm³/mol. The van der Waals surface area contributed by atoms with Crippen LogP contribution in [0.2, 0.25) is 0 Å². The average Bonchev–Trinajstić information content (AvgIpc) is 2.79. The number of aromatic nitrogens is 3. The SMILES string of the molecule is COC(=O)c1ccc2nnc(C(C)(C)S(C)(=O)=O)n2c1. The molecule has 8 heteroatoms. The molecule has 0 amide bonds. The summed E-state index contributed by atoms with van der Waals surface area (Å²) in [5, 5.41) is 7.86. The first-order chi connectivity index (χ1) is 9.18. The minimum absolute atomic E-state index is 0.251. The molecular weight excluding hydrogens is 282 g/mol. The van der Waals surface area contributed by atoms with Crippen LogP contribution in [-0.4, -0.2) is 42.4 Å². The van der Waals surface area contributed by atoms with Crippen molar-refractivity contribution < 1.29 is 17.9 Å². The number of methoxy groups -OCH3 is 1. The van der Waals surface area contributed by atoms with Gasteiger partial charge in [-0.25, -0.2) is 13.2 Å². The van der Waals surface area contributed by atoms with Crippen molar-refractivity contribution in [2.75, 3.05) is 13.4 Å². The molecule has 0 aromatic carbocycles. The number of hydrogen-bond donors (Lipinski definition) is 0. The molecule has 108 valence electrons. The molecule has 0 atom stereocenters. The minimum atomic E-state index is -3.39. The Hall–Kier alpha value is -1.96. The lowest BCUT2D eigenvalue weighted by atomic mass is 10.2. The lowest BCUT2D eigenvalue weighted by molar-refractivity contribution is 0.0600. The van der Waals surface area contributed by atoms with Gasteiger partial charge in [-0.15, -0.1) is 10.2 Å². The highest BCUT2D eigenvalue weighted by molar-refractivity contribution is 7.91. The van der Waals surface area contributed by atoms with Crippen molar-refractivity contribution in [3.8, 4) is 0 Å². The first-order valence-electron chi connectivity index (χ1n) is 5.81. The Morgan fingerprint density at radius 1 is 1.30 bits per heavy atom. The van der Waals surface area contributed by atoms with Crippen molar-refractivity contribution in [1.29, 1.82) is 0 Å². The van der Waals surface area contributed by atoms with Crippen LogP contribution in [0.4, 0.5) is 0 Å². The summed E-state index contributed by atoms with van der Waals surface area (Å²) >= 11 is 0. The molecule has 0 radical (unpaired) electrons. The second-order valence-electron chi connectivity index (χ2n) is 4.94. The smallest absolute Gasteiger partial charge is 0.339 e. The number of sulfone groups is 1. The summed E-state index contributed by atoms with van der Waals surface area (Å²) in [6.07, 6.45) is 2.61. The van der Waals surface area contributed by atoms with Gasteiger partial charge >= 0.3 is 5.97 Å². The summed E-state index contributed by atoms with van der Waals surface area (Å²) in [6, 6.07) is 3.13. The van der Waals surface area contributed by atoms with Crippen molar-refractivity contribution in [3.63, 3.8) is 0 Å². The maximum atomic E-state index is 11.9. The van der Waals surface area contributed by atoms with Crippen LogP contribution in [0.25, 0.3) is 5.65 Å². The molecule has 0 aliphatic rings. The summed E-state index contributed by atoms with van der Waals surface area (Å²) in [6.45, 7) is 3.09. The van der Waals surface area contributed by atoms with Crippen LogP contribution >= 0.6 is 0 Å². The van der Waals surface area contributed by atoms with Gasteiger partial charge in [0.1, 0.15) is 4.75 Å². The Kier molecular flexibility index (Phi) is 3.29. The average molecular weight is 297 g/mol. The summed E-state index contributed by atoms with van der Waals surface area (Å²) in [7, 11) is -2.12. The quantitative estimate of drug-likeness (QED) is 0.778. The van der Waals surface area contributed by atoms with Crippen LogP contribution in [0.3, 0.4) is 0 Å². The van der Waals surface area contributed by atoms with Gasteiger partial charge in [-0.3, -0.25) is 4.40 Å². The number of fused-ring (bicyclic) bond motifs is 1. The Bertz CT molecular complexity index is 777. The normalized spacial score (nSPS) is 12.6. The van der Waals surface area contributed by atoms with Crippen LogP contribution in [0.1, 0.15) is 30.0 Å². The van der Waals surface area contributed by atoms with Crippen molar-refractivity contribution in [2.24, 2.45) is 0 Å². The molecule has 20 heavy (non-hydrogen) atoms. The molecule has 0 saturated heterocycles. The molecule has 2 aromatic rings. The first-order valence-corrected chi connectivity index (χ1v) is 7.71. The Morgan fingerprint density at radius 2 is 1.95 bits per heavy atom. The number of hydrogen-bond acceptors (Lipinski definition) is 6. The van der Waals surface area contributed by atoms with Gasteiger partial charge < -0.3 is 4.74 Å². The number of carbonyl (C=O) groups is 1. The fourth-order valence-corrected chi connectivity index (χ4v) is 2.18. The highest BCUT2D eigenvalue weighted by Crippen LogP contribution is 2.27. The molecule has 0 N–H and O–H groups in total. The van der Waals surface area contributed by atoms with Gasteiger partial charge in [0.05, 0.1) is 12.7 Å². The monoisotopic (exact) mass is 297 g/mol. The van der Waals surface area contributed by atoms with Crippen molar-refractivity contribution in [1.82, 2.24) is 14.6 Å². The predicted octanol–water partition coefficient (Wildman–Crippen LogP) is 0.796. The molecule has 0 fully saturated rings. The molecule has 0 saturated carbocycles. The zero-order chi connectivity index (χ0) is 15.1. The van der Waals surface area contributed by atoms with Crippen LogP contribution in [0.5, 0.6) is 0 Å². The largest absolute Gasteiger partial charge is 0.465 e. The van der Waals surface area contributed by atoms with Gasteiger partial charge in [-0.1, -0.05) is 0 Å². The van der Waals surface area contributed by atoms with Gasteiger partial charge in [0, 0.05) is 12.5 Å². The van der Waals surface area contributed by atoms with Gasteiger partial charge in [0.25, 0.3) is 0 Å². The minimum Gasteiger partial charge on any atom is -0.465 e. The molecule has 0 bridgehead atoms. The van der Waals surface area contributed by atoms with Crippen molar-refractivity contribution >= 4 is 21.5 Å². The second-order valence-corrected chi connectivity index (χ2v) is 7.51. The number of esters is 1. The summed E-state index contributed by atoms with van der Waals surface area (Å²) in [5.41, 5.74) is 0.759. The highest BCUT2D eigenvalue weighted by atomic mass is 32.2. The van der Waals surface area contributed by atoms with E-state index in [9.17, 15) is 13.2 Å². The molecule has 7 nitrogen and oxygen atoms in total. The van der Waals surface area contributed by atoms with E-state index in [0.717, 1.165) is 6.26 Å². The van der Waals surface area contributed by atoms with Crippen molar-refractivity contribution in [3.05, 3.63) is 29.7 Å². The molecule has 2 aromatic heterocycles. The standard InChI is InChI=1S/C12H15N3O4S/c1-12(2,20(4,17)18)11-14-13-9-6-5-8(7-15(9)11)10(16)19-3/h5-7H,1-4H3. The number of nitrogens with zero attached hydrogens (tertiary/aromatic N) is 3. The zero-order valence-electron chi connectivity index (χ0n) is 11.6. The topological polar surface area (TPSA) is 90.6 Å². The van der Waals surface area contributed by atoms with Crippen LogP contribution < -0.4 is 0 Å². The van der Waals surface area contributed by atoms with E-state index < -0.39 is 20.6 Å². The zero-order valence-corrected chi connectivity index (χ0v) is 12.4. The van der Waals surface area contributed by atoms with Crippen LogP contribution in [-0.2, 0) is 19.3 Å². The highest BCUT2D eigenvalue weighted by Gasteiger charge is 2.37. The molecule has 0 spiro atoms. The fraction of sp³-hybridized carbons (Fsp3) is 0.417. The van der Waals surface area contributed by atoms with E-state index in [0.29, 0.717) is 11.2 Å². The van der Waals surface area contributed by atoms with Crippen LogP contribution in [0.15, 0.2) is 18.3 Å². The Labute approximate surface area is 116 Å². The number of carbonyl (C=O) groups excluding carboxylic acids is 1. The summed E-state index contributed by atoms with van der Waals surface area (Å²) in [5.74, 6) is -0.260. The maximum absolute atomic E-state index is 11.9. The number of ether oxygens (including phenoxy) is 1. The van der Waals surface area contributed by atoms with Gasteiger partial charge in [-0.2, -0.15) is 0 Å². The van der Waals surface area contributed by atoms with Gasteiger partial charge in [0.2, 0.25) is 0 Å². The number of pyridine rings is 1. The Balaban J connectivity index is 2.70. The van der Waals surface area contributed by atoms with Crippen molar-refractivity contribution in [2.45, 2.75) is 18.6 Å². The maximum Gasteiger partial charge on any atom is 0.339 e.